The number of rotatable bonds is 32. The highest BCUT2D eigenvalue weighted by Gasteiger charge is 2.14. The van der Waals surface area contributed by atoms with Gasteiger partial charge in [0.2, 0.25) is 0 Å². The van der Waals surface area contributed by atoms with E-state index in [1.807, 2.05) is 0 Å². The minimum Gasteiger partial charge on any atom is -0.446 e. The molecule has 1 N–H and O–H groups in total. The molecule has 44 heavy (non-hydrogen) atoms. The molecule has 0 spiro atoms. The van der Waals surface area contributed by atoms with Crippen LogP contribution in [0.2, 0.25) is 0 Å². The molecule has 0 aliphatic rings. The number of nitrogens with zero attached hydrogens (tertiary/aromatic N) is 1. The number of carbonyl (C=O) groups is 1. The van der Waals surface area contributed by atoms with Gasteiger partial charge in [0.15, 0.2) is 0 Å². The normalized spacial score (nSPS) is 12.9. The molecule has 0 rings (SSSR count). The lowest BCUT2D eigenvalue weighted by Gasteiger charge is -2.19. The van der Waals surface area contributed by atoms with E-state index < -0.39 is 0 Å². The highest BCUT2D eigenvalue weighted by atomic mass is 16.6. The van der Waals surface area contributed by atoms with E-state index >= 15 is 0 Å². The van der Waals surface area contributed by atoms with E-state index in [0.717, 1.165) is 51.5 Å². The van der Waals surface area contributed by atoms with Crippen LogP contribution < -0.4 is 5.32 Å². The Morgan fingerprint density at radius 2 is 1.02 bits per heavy atom. The molecule has 0 aromatic rings. The molecule has 0 saturated carbocycles. The van der Waals surface area contributed by atoms with Crippen molar-refractivity contribution in [2.24, 2.45) is 0 Å². The summed E-state index contributed by atoms with van der Waals surface area (Å²) >= 11 is 0. The number of ether oxygens (including phenoxy) is 1. The first-order valence-electron chi connectivity index (χ1n) is 18.8. The van der Waals surface area contributed by atoms with E-state index in [0.29, 0.717) is 6.54 Å². The van der Waals surface area contributed by atoms with Crippen LogP contribution in [0.15, 0.2) is 48.6 Å². The van der Waals surface area contributed by atoms with Crippen LogP contribution in [0.4, 0.5) is 4.79 Å². The number of hydrogen-bond donors (Lipinski definition) is 1. The molecule has 4 heteroatoms. The third-order valence-corrected chi connectivity index (χ3v) is 8.01. The standard InChI is InChI=1S/C40H74N2O2/c1-5-7-9-11-13-15-17-19-21-23-25-27-29-31-33-36-39(44-40(43)41-37-34-38-42(3)4)35-32-30-28-26-24-22-20-18-16-14-12-10-8-6-2/h10-13,16-19,39H,5-9,14-15,20-38H2,1-4H3,(H,41,43)/b12-10-,13-11-,18-16-,19-17-. The lowest BCUT2D eigenvalue weighted by Crippen LogP contribution is -2.31. The molecule has 0 bridgehead atoms. The average Bonchev–Trinajstić information content (AvgIpc) is 3.01. The first-order chi connectivity index (χ1) is 21.6. The lowest BCUT2D eigenvalue weighted by molar-refractivity contribution is 0.0840. The number of allylic oxidation sites excluding steroid dienone is 8. The number of hydrogen-bond acceptors (Lipinski definition) is 3. The summed E-state index contributed by atoms with van der Waals surface area (Å²) in [6.45, 7) is 6.12. The molecule has 0 aliphatic heterocycles. The molecule has 4 nitrogen and oxygen atoms in total. The second kappa shape index (κ2) is 35.7. The summed E-state index contributed by atoms with van der Waals surface area (Å²) in [5.74, 6) is 0. The van der Waals surface area contributed by atoms with Crippen LogP contribution in [-0.2, 0) is 4.74 Å². The second-order valence-corrected chi connectivity index (χ2v) is 12.8. The molecule has 256 valence electrons. The van der Waals surface area contributed by atoms with Crippen LogP contribution >= 0.6 is 0 Å². The van der Waals surface area contributed by atoms with Gasteiger partial charge in [-0.1, -0.05) is 133 Å². The Morgan fingerprint density at radius 1 is 0.568 bits per heavy atom. The second-order valence-electron chi connectivity index (χ2n) is 12.8. The van der Waals surface area contributed by atoms with E-state index in [4.69, 9.17) is 4.74 Å². The maximum absolute atomic E-state index is 12.4. The van der Waals surface area contributed by atoms with Gasteiger partial charge in [-0.25, -0.2) is 4.79 Å². The van der Waals surface area contributed by atoms with Gasteiger partial charge < -0.3 is 15.0 Å². The highest BCUT2D eigenvalue weighted by molar-refractivity contribution is 5.67. The van der Waals surface area contributed by atoms with Crippen molar-refractivity contribution in [1.82, 2.24) is 10.2 Å². The smallest absolute Gasteiger partial charge is 0.407 e. The molecule has 1 atom stereocenters. The van der Waals surface area contributed by atoms with Crippen molar-refractivity contribution in [3.05, 3.63) is 48.6 Å². The quantitative estimate of drug-likeness (QED) is 0.0605. The molecule has 0 saturated heterocycles. The van der Waals surface area contributed by atoms with Crippen LogP contribution in [0.1, 0.15) is 168 Å². The van der Waals surface area contributed by atoms with Crippen molar-refractivity contribution < 1.29 is 9.53 Å². The number of nitrogens with one attached hydrogen (secondary N) is 1. The molecule has 1 unspecified atom stereocenters. The fraction of sp³-hybridized carbons (Fsp3) is 0.775. The van der Waals surface area contributed by atoms with Gasteiger partial charge in [-0.3, -0.25) is 0 Å². The summed E-state index contributed by atoms with van der Waals surface area (Å²) in [6.07, 6.45) is 47.3. The Balaban J connectivity index is 4.08. The van der Waals surface area contributed by atoms with E-state index in [1.165, 1.54) is 109 Å². The fourth-order valence-electron chi connectivity index (χ4n) is 5.23. The Morgan fingerprint density at radius 3 is 1.50 bits per heavy atom. The van der Waals surface area contributed by atoms with Gasteiger partial charge in [0.1, 0.15) is 6.10 Å². The molecule has 0 aromatic heterocycles. The zero-order valence-electron chi connectivity index (χ0n) is 29.8. The monoisotopic (exact) mass is 615 g/mol. The summed E-state index contributed by atoms with van der Waals surface area (Å²) in [5.41, 5.74) is 0. The molecule has 0 fully saturated rings. The molecular formula is C40H74N2O2. The maximum Gasteiger partial charge on any atom is 0.407 e. The van der Waals surface area contributed by atoms with E-state index in [9.17, 15) is 4.79 Å². The van der Waals surface area contributed by atoms with Crippen molar-refractivity contribution in [1.29, 1.82) is 0 Å². The summed E-state index contributed by atoms with van der Waals surface area (Å²) in [7, 11) is 4.12. The Hall–Kier alpha value is -1.81. The van der Waals surface area contributed by atoms with Gasteiger partial charge in [0, 0.05) is 6.54 Å². The van der Waals surface area contributed by atoms with Crippen LogP contribution in [0.25, 0.3) is 0 Å². The zero-order chi connectivity index (χ0) is 32.2. The van der Waals surface area contributed by atoms with Crippen LogP contribution in [0.5, 0.6) is 0 Å². The average molecular weight is 615 g/mol. The van der Waals surface area contributed by atoms with Gasteiger partial charge in [0.25, 0.3) is 0 Å². The van der Waals surface area contributed by atoms with Crippen LogP contribution in [0, 0.1) is 0 Å². The SMILES string of the molecule is CCC/C=C\C/C=C\CCCCCCCCC(CCCCCCCC/C=C\C/C=C\CCCC)OC(=O)NCCCN(C)C. The fourth-order valence-corrected chi connectivity index (χ4v) is 5.23. The lowest BCUT2D eigenvalue weighted by atomic mass is 10.0. The largest absolute Gasteiger partial charge is 0.446 e. The number of carbonyl (C=O) groups excluding carboxylic acids is 1. The van der Waals surface area contributed by atoms with Gasteiger partial charge >= 0.3 is 6.09 Å². The van der Waals surface area contributed by atoms with Gasteiger partial charge in [-0.2, -0.15) is 0 Å². The van der Waals surface area contributed by atoms with Gasteiger partial charge in [-0.05, 0) is 104 Å². The Bertz CT molecular complexity index is 710. The van der Waals surface area contributed by atoms with Crippen molar-refractivity contribution in [2.75, 3.05) is 27.2 Å². The minimum atomic E-state index is -0.229. The maximum atomic E-state index is 12.4. The number of unbranched alkanes of at least 4 members (excludes halogenated alkanes) is 15. The molecular weight excluding hydrogens is 540 g/mol. The van der Waals surface area contributed by atoms with Crippen LogP contribution in [-0.4, -0.2) is 44.3 Å². The molecule has 0 aliphatic carbocycles. The predicted octanol–water partition coefficient (Wildman–Crippen LogP) is 12.3. The molecule has 0 radical (unpaired) electrons. The van der Waals surface area contributed by atoms with E-state index in [2.05, 4.69) is 86.8 Å². The predicted molar refractivity (Wildman–Crippen MR) is 196 cm³/mol. The highest BCUT2D eigenvalue weighted by Crippen LogP contribution is 2.17. The van der Waals surface area contributed by atoms with Crippen molar-refractivity contribution in [2.45, 2.75) is 174 Å². The van der Waals surface area contributed by atoms with E-state index in [-0.39, 0.29) is 12.2 Å². The summed E-state index contributed by atoms with van der Waals surface area (Å²) in [4.78, 5) is 14.6. The van der Waals surface area contributed by atoms with Crippen molar-refractivity contribution in [3.8, 4) is 0 Å². The molecule has 0 aromatic carbocycles. The third-order valence-electron chi connectivity index (χ3n) is 8.01. The topological polar surface area (TPSA) is 41.6 Å². The van der Waals surface area contributed by atoms with Crippen molar-refractivity contribution in [3.63, 3.8) is 0 Å². The van der Waals surface area contributed by atoms with E-state index in [1.54, 1.807) is 0 Å². The van der Waals surface area contributed by atoms with Gasteiger partial charge in [-0.15, -0.1) is 0 Å². The number of amides is 1. The summed E-state index contributed by atoms with van der Waals surface area (Å²) in [6, 6.07) is 0. The minimum absolute atomic E-state index is 0.0570. The Labute approximate surface area is 275 Å². The third kappa shape index (κ3) is 34.7. The Kier molecular flexibility index (Phi) is 34.2. The van der Waals surface area contributed by atoms with Crippen molar-refractivity contribution >= 4 is 6.09 Å². The molecule has 0 heterocycles. The van der Waals surface area contributed by atoms with Crippen LogP contribution in [0.3, 0.4) is 0 Å². The zero-order valence-corrected chi connectivity index (χ0v) is 29.8. The first-order valence-corrected chi connectivity index (χ1v) is 18.8. The van der Waals surface area contributed by atoms with Gasteiger partial charge in [0.05, 0.1) is 0 Å². The summed E-state index contributed by atoms with van der Waals surface area (Å²) in [5, 5.41) is 2.97. The molecule has 1 amide bonds. The first kappa shape index (κ1) is 42.2. The number of alkyl carbamates (subject to hydrolysis) is 1. The summed E-state index contributed by atoms with van der Waals surface area (Å²) < 4.78 is 5.90.